The van der Waals surface area contributed by atoms with Crippen LogP contribution in [0.2, 0.25) is 5.02 Å². The van der Waals surface area contributed by atoms with Gasteiger partial charge in [0, 0.05) is 17.0 Å². The Bertz CT molecular complexity index is 767. The third-order valence-corrected chi connectivity index (χ3v) is 3.54. The van der Waals surface area contributed by atoms with Crippen molar-refractivity contribution in [1.82, 2.24) is 5.32 Å². The molecule has 0 fully saturated rings. The molecule has 0 aliphatic heterocycles. The Morgan fingerprint density at radius 3 is 2.54 bits per heavy atom. The van der Waals surface area contributed by atoms with Gasteiger partial charge < -0.3 is 10.1 Å². The molecule has 0 spiro atoms. The number of methoxy groups -OCH3 is 1. The zero-order chi connectivity index (χ0) is 17.7. The number of benzene rings is 2. The van der Waals surface area contributed by atoms with E-state index in [-0.39, 0.29) is 12.0 Å². The summed E-state index contributed by atoms with van der Waals surface area (Å²) in [7, 11) is 1.19. The molecular weight excluding hydrogens is 340 g/mol. The van der Waals surface area contributed by atoms with E-state index in [9.17, 15) is 18.4 Å². The molecule has 0 aliphatic rings. The van der Waals surface area contributed by atoms with Gasteiger partial charge >= 0.3 is 5.97 Å². The van der Waals surface area contributed by atoms with Gasteiger partial charge in [0.1, 0.15) is 6.04 Å². The Balaban J connectivity index is 2.17. The van der Waals surface area contributed by atoms with Crippen molar-refractivity contribution in [3.8, 4) is 0 Å². The zero-order valence-corrected chi connectivity index (χ0v) is 13.4. The van der Waals surface area contributed by atoms with E-state index in [2.05, 4.69) is 10.1 Å². The molecule has 1 amide bonds. The van der Waals surface area contributed by atoms with Crippen molar-refractivity contribution in [3.05, 3.63) is 70.2 Å². The molecule has 1 atom stereocenters. The fourth-order valence-corrected chi connectivity index (χ4v) is 2.33. The van der Waals surface area contributed by atoms with Crippen molar-refractivity contribution in [2.45, 2.75) is 12.5 Å². The summed E-state index contributed by atoms with van der Waals surface area (Å²) < 4.78 is 30.8. The number of carbonyl (C=O) groups is 2. The van der Waals surface area contributed by atoms with E-state index in [1.165, 1.54) is 7.11 Å². The lowest BCUT2D eigenvalue weighted by Crippen LogP contribution is -2.43. The number of halogens is 3. The largest absolute Gasteiger partial charge is 0.467 e. The number of rotatable bonds is 5. The first kappa shape index (κ1) is 17.9. The van der Waals surface area contributed by atoms with Crippen LogP contribution in [0.3, 0.4) is 0 Å². The molecule has 24 heavy (non-hydrogen) atoms. The van der Waals surface area contributed by atoms with E-state index < -0.39 is 29.6 Å². The van der Waals surface area contributed by atoms with Gasteiger partial charge in [-0.1, -0.05) is 23.7 Å². The zero-order valence-electron chi connectivity index (χ0n) is 12.7. The van der Waals surface area contributed by atoms with Crippen LogP contribution in [0.1, 0.15) is 15.9 Å². The highest BCUT2D eigenvalue weighted by Crippen LogP contribution is 2.14. The fraction of sp³-hybridized carbons (Fsp3) is 0.176. The first-order chi connectivity index (χ1) is 11.4. The van der Waals surface area contributed by atoms with E-state index >= 15 is 0 Å². The number of hydrogen-bond acceptors (Lipinski definition) is 3. The van der Waals surface area contributed by atoms with Crippen molar-refractivity contribution >= 4 is 23.5 Å². The monoisotopic (exact) mass is 353 g/mol. The molecule has 0 aliphatic carbocycles. The molecule has 2 aromatic carbocycles. The first-order valence-electron chi connectivity index (χ1n) is 6.99. The Kier molecular flexibility index (Phi) is 5.87. The van der Waals surface area contributed by atoms with Crippen molar-refractivity contribution in [2.75, 3.05) is 7.11 Å². The second-order valence-electron chi connectivity index (χ2n) is 5.01. The van der Waals surface area contributed by atoms with Gasteiger partial charge in [-0.3, -0.25) is 4.79 Å². The van der Waals surface area contributed by atoms with Gasteiger partial charge in [0.05, 0.1) is 7.11 Å². The third kappa shape index (κ3) is 4.52. The van der Waals surface area contributed by atoms with E-state index in [1.54, 1.807) is 24.3 Å². The molecule has 0 aromatic heterocycles. The van der Waals surface area contributed by atoms with Crippen LogP contribution in [-0.2, 0) is 16.0 Å². The van der Waals surface area contributed by atoms with Gasteiger partial charge in [-0.2, -0.15) is 0 Å². The van der Waals surface area contributed by atoms with Gasteiger partial charge in [-0.05, 0) is 35.9 Å². The van der Waals surface area contributed by atoms with E-state index in [1.807, 2.05) is 0 Å². The maximum atomic E-state index is 13.2. The number of amides is 1. The van der Waals surface area contributed by atoms with Gasteiger partial charge in [-0.15, -0.1) is 0 Å². The summed E-state index contributed by atoms with van der Waals surface area (Å²) in [6, 6.07) is 8.52. The molecule has 2 rings (SSSR count). The van der Waals surface area contributed by atoms with Crippen LogP contribution in [0.4, 0.5) is 8.78 Å². The number of carbonyl (C=O) groups excluding carboxylic acids is 2. The lowest BCUT2D eigenvalue weighted by atomic mass is 10.1. The highest BCUT2D eigenvalue weighted by molar-refractivity contribution is 6.30. The first-order valence-corrected chi connectivity index (χ1v) is 7.36. The number of hydrogen-bond donors (Lipinski definition) is 1. The summed E-state index contributed by atoms with van der Waals surface area (Å²) in [5.74, 6) is -3.58. The molecule has 126 valence electrons. The normalized spacial score (nSPS) is 11.7. The van der Waals surface area contributed by atoms with E-state index in [4.69, 9.17) is 11.6 Å². The fourth-order valence-electron chi connectivity index (χ4n) is 2.11. The maximum absolute atomic E-state index is 13.2. The summed E-state index contributed by atoms with van der Waals surface area (Å²) in [5, 5.41) is 2.94. The quantitative estimate of drug-likeness (QED) is 0.840. The summed E-state index contributed by atoms with van der Waals surface area (Å²) in [6.45, 7) is 0. The Hall–Kier alpha value is -2.47. The Labute approximate surface area is 142 Å². The second-order valence-corrected chi connectivity index (χ2v) is 5.45. The lowest BCUT2D eigenvalue weighted by Gasteiger charge is -2.17. The van der Waals surface area contributed by atoms with Crippen LogP contribution in [0.25, 0.3) is 0 Å². The van der Waals surface area contributed by atoms with Crippen molar-refractivity contribution in [1.29, 1.82) is 0 Å². The van der Waals surface area contributed by atoms with Crippen LogP contribution in [0, 0.1) is 11.6 Å². The van der Waals surface area contributed by atoms with Gasteiger partial charge in [0.25, 0.3) is 5.91 Å². The summed E-state index contributed by atoms with van der Waals surface area (Å²) in [4.78, 5) is 24.0. The smallest absolute Gasteiger partial charge is 0.328 e. The highest BCUT2D eigenvalue weighted by Gasteiger charge is 2.23. The van der Waals surface area contributed by atoms with E-state index in [0.717, 1.165) is 18.2 Å². The predicted octanol–water partition coefficient (Wildman–Crippen LogP) is 3.13. The summed E-state index contributed by atoms with van der Waals surface area (Å²) in [5.41, 5.74) is 0.609. The molecule has 0 saturated carbocycles. The SMILES string of the molecule is COC(=O)[C@H](Cc1cccc(Cl)c1)NC(=O)c1ccc(F)c(F)c1. The van der Waals surface area contributed by atoms with Crippen LogP contribution in [-0.4, -0.2) is 25.0 Å². The molecule has 0 unspecified atom stereocenters. The molecule has 7 heteroatoms. The lowest BCUT2D eigenvalue weighted by molar-refractivity contribution is -0.142. The minimum atomic E-state index is -1.15. The molecule has 4 nitrogen and oxygen atoms in total. The highest BCUT2D eigenvalue weighted by atomic mass is 35.5. The van der Waals surface area contributed by atoms with Crippen molar-refractivity contribution in [3.63, 3.8) is 0 Å². The van der Waals surface area contributed by atoms with Gasteiger partial charge in [0.2, 0.25) is 0 Å². The molecule has 0 radical (unpaired) electrons. The minimum Gasteiger partial charge on any atom is -0.467 e. The average molecular weight is 354 g/mol. The van der Waals surface area contributed by atoms with Gasteiger partial charge in [-0.25, -0.2) is 13.6 Å². The maximum Gasteiger partial charge on any atom is 0.328 e. The third-order valence-electron chi connectivity index (χ3n) is 3.30. The number of nitrogens with one attached hydrogen (secondary N) is 1. The van der Waals surface area contributed by atoms with Crippen LogP contribution in [0.15, 0.2) is 42.5 Å². The topological polar surface area (TPSA) is 55.4 Å². The number of esters is 1. The van der Waals surface area contributed by atoms with E-state index in [0.29, 0.717) is 10.6 Å². The summed E-state index contributed by atoms with van der Waals surface area (Å²) >= 11 is 5.89. The van der Waals surface area contributed by atoms with Crippen molar-refractivity contribution in [2.24, 2.45) is 0 Å². The second kappa shape index (κ2) is 7.88. The van der Waals surface area contributed by atoms with Crippen LogP contribution >= 0.6 is 11.6 Å². The Morgan fingerprint density at radius 1 is 1.17 bits per heavy atom. The molecule has 0 saturated heterocycles. The minimum absolute atomic E-state index is 0.103. The Morgan fingerprint density at radius 2 is 1.92 bits per heavy atom. The molecule has 0 heterocycles. The molecular formula is C17H14ClF2NO3. The molecule has 0 bridgehead atoms. The average Bonchev–Trinajstić information content (AvgIpc) is 2.56. The number of ether oxygens (including phenoxy) is 1. The van der Waals surface area contributed by atoms with Crippen molar-refractivity contribution < 1.29 is 23.1 Å². The standard InChI is InChI=1S/C17H14ClF2NO3/c1-24-17(23)15(8-10-3-2-4-12(18)7-10)21-16(22)11-5-6-13(19)14(20)9-11/h2-7,9,15H,8H2,1H3,(H,21,22)/t15-/m0/s1. The van der Waals surface area contributed by atoms with Crippen LogP contribution < -0.4 is 5.32 Å². The van der Waals surface area contributed by atoms with Crippen LogP contribution in [0.5, 0.6) is 0 Å². The predicted molar refractivity (Wildman–Crippen MR) is 84.8 cm³/mol. The molecule has 2 aromatic rings. The summed E-state index contributed by atoms with van der Waals surface area (Å²) in [6.07, 6.45) is 0.142. The van der Waals surface area contributed by atoms with Gasteiger partial charge in [0.15, 0.2) is 11.6 Å². The molecule has 1 N–H and O–H groups in total.